The summed E-state index contributed by atoms with van der Waals surface area (Å²) in [7, 11) is 0. The first-order valence-electron chi connectivity index (χ1n) is 5.54. The van der Waals surface area contributed by atoms with Crippen molar-refractivity contribution in [3.05, 3.63) is 0 Å². The molecule has 0 unspecified atom stereocenters. The number of hydrogen-bond acceptors (Lipinski definition) is 0. The molecule has 0 aromatic heterocycles. The first-order chi connectivity index (χ1) is 5.54. The van der Waals surface area contributed by atoms with E-state index in [0.29, 0.717) is 0 Å². The van der Waals surface area contributed by atoms with Gasteiger partial charge in [-0.25, -0.2) is 0 Å². The molecule has 0 aromatic rings. The molecule has 76 valence electrons. The minimum atomic E-state index is 0.860. The first-order valence-corrected chi connectivity index (χ1v) is 5.54. The summed E-state index contributed by atoms with van der Waals surface area (Å²) in [6.45, 7) is 15.6. The van der Waals surface area contributed by atoms with Crippen LogP contribution in [-0.4, -0.2) is 0 Å². The Balaban J connectivity index is 0. The van der Waals surface area contributed by atoms with Gasteiger partial charge in [0.15, 0.2) is 0 Å². The lowest BCUT2D eigenvalue weighted by atomic mass is 9.91. The Labute approximate surface area is 79.8 Å². The van der Waals surface area contributed by atoms with Gasteiger partial charge in [0.05, 0.1) is 0 Å². The summed E-state index contributed by atoms with van der Waals surface area (Å²) in [6, 6.07) is 0. The molecule has 0 aromatic carbocycles. The summed E-state index contributed by atoms with van der Waals surface area (Å²) in [5.74, 6) is 2.64. The van der Waals surface area contributed by atoms with Crippen LogP contribution in [0.5, 0.6) is 0 Å². The van der Waals surface area contributed by atoms with Crippen molar-refractivity contribution in [1.29, 1.82) is 0 Å². The van der Waals surface area contributed by atoms with Crippen molar-refractivity contribution in [2.45, 2.75) is 61.3 Å². The van der Waals surface area contributed by atoms with Crippen LogP contribution < -0.4 is 0 Å². The first kappa shape index (κ1) is 14.5. The van der Waals surface area contributed by atoms with Gasteiger partial charge in [-0.3, -0.25) is 0 Å². The fourth-order valence-electron chi connectivity index (χ4n) is 0.930. The van der Waals surface area contributed by atoms with Gasteiger partial charge in [0.1, 0.15) is 0 Å². The van der Waals surface area contributed by atoms with Gasteiger partial charge in [0, 0.05) is 0 Å². The van der Waals surface area contributed by atoms with Gasteiger partial charge in [-0.2, -0.15) is 0 Å². The summed E-state index contributed by atoms with van der Waals surface area (Å²) in [6.07, 6.45) is 2.79. The predicted molar refractivity (Wildman–Crippen MR) is 59.4 cm³/mol. The maximum atomic E-state index is 2.35. The maximum Gasteiger partial charge on any atom is -0.0420 e. The highest BCUT2D eigenvalue weighted by Gasteiger charge is 2.06. The lowest BCUT2D eigenvalue weighted by Gasteiger charge is -2.15. The minimum absolute atomic E-state index is 0.860. The smallest absolute Gasteiger partial charge is 0.0420 e. The van der Waals surface area contributed by atoms with Crippen LogP contribution in [0, 0.1) is 17.8 Å². The van der Waals surface area contributed by atoms with E-state index in [1.54, 1.807) is 0 Å². The normalized spacial score (nSPS) is 12.8. The van der Waals surface area contributed by atoms with E-state index in [2.05, 4.69) is 34.6 Å². The largest absolute Gasteiger partial charge is 0.0683 e. The molecule has 0 aliphatic heterocycles. The van der Waals surface area contributed by atoms with Crippen LogP contribution in [-0.2, 0) is 0 Å². The highest BCUT2D eigenvalue weighted by atomic mass is 14.1. The van der Waals surface area contributed by atoms with Crippen LogP contribution in [0.2, 0.25) is 0 Å². The van der Waals surface area contributed by atoms with E-state index in [1.807, 2.05) is 13.8 Å². The van der Waals surface area contributed by atoms with E-state index in [-0.39, 0.29) is 0 Å². The third-order valence-corrected chi connectivity index (χ3v) is 2.34. The van der Waals surface area contributed by atoms with Crippen molar-refractivity contribution in [3.8, 4) is 0 Å². The highest BCUT2D eigenvalue weighted by Crippen LogP contribution is 2.18. The van der Waals surface area contributed by atoms with Crippen molar-refractivity contribution >= 4 is 0 Å². The molecule has 0 fully saturated rings. The van der Waals surface area contributed by atoms with E-state index in [1.165, 1.54) is 12.8 Å². The molecule has 0 heteroatoms. The molecule has 0 bridgehead atoms. The second-order valence-corrected chi connectivity index (χ2v) is 4.19. The standard InChI is InChI=1S/C10H22.C2H6/c1-8(2)6-7-10(5)9(3)4;1-2/h8-10H,6-7H2,1-5H3;1-2H3/t10-;/m0./s1. The summed E-state index contributed by atoms with van der Waals surface area (Å²) >= 11 is 0. The molecule has 0 nitrogen and oxygen atoms in total. The molecular weight excluding hydrogens is 144 g/mol. The van der Waals surface area contributed by atoms with Gasteiger partial charge in [0.25, 0.3) is 0 Å². The van der Waals surface area contributed by atoms with Gasteiger partial charge < -0.3 is 0 Å². The van der Waals surface area contributed by atoms with E-state index in [4.69, 9.17) is 0 Å². The van der Waals surface area contributed by atoms with Crippen molar-refractivity contribution in [1.82, 2.24) is 0 Å². The second-order valence-electron chi connectivity index (χ2n) is 4.19. The zero-order valence-corrected chi connectivity index (χ0v) is 10.1. The van der Waals surface area contributed by atoms with Crippen LogP contribution in [0.25, 0.3) is 0 Å². The van der Waals surface area contributed by atoms with Gasteiger partial charge in [-0.05, 0) is 17.8 Å². The molecule has 0 saturated heterocycles. The minimum Gasteiger partial charge on any atom is -0.0683 e. The molecule has 0 saturated carbocycles. The van der Waals surface area contributed by atoms with E-state index in [9.17, 15) is 0 Å². The molecule has 0 radical (unpaired) electrons. The lowest BCUT2D eigenvalue weighted by molar-refractivity contribution is 0.358. The Morgan fingerprint density at radius 2 is 1.17 bits per heavy atom. The van der Waals surface area contributed by atoms with Crippen LogP contribution >= 0.6 is 0 Å². The molecule has 0 N–H and O–H groups in total. The zero-order valence-electron chi connectivity index (χ0n) is 10.1. The molecule has 0 spiro atoms. The highest BCUT2D eigenvalue weighted by molar-refractivity contribution is 4.58. The summed E-state index contributed by atoms with van der Waals surface area (Å²) in [5, 5.41) is 0. The molecule has 12 heavy (non-hydrogen) atoms. The molecule has 0 amide bonds. The summed E-state index contributed by atoms with van der Waals surface area (Å²) in [4.78, 5) is 0. The Hall–Kier alpha value is 0. The van der Waals surface area contributed by atoms with Crippen molar-refractivity contribution in [2.75, 3.05) is 0 Å². The molecular formula is C12H28. The Morgan fingerprint density at radius 1 is 0.750 bits per heavy atom. The predicted octanol–water partition coefficient (Wildman–Crippen LogP) is 4.74. The van der Waals surface area contributed by atoms with Crippen molar-refractivity contribution in [2.24, 2.45) is 17.8 Å². The third-order valence-electron chi connectivity index (χ3n) is 2.34. The third kappa shape index (κ3) is 10.0. The van der Waals surface area contributed by atoms with Crippen LogP contribution in [0.15, 0.2) is 0 Å². The monoisotopic (exact) mass is 172 g/mol. The van der Waals surface area contributed by atoms with Crippen LogP contribution in [0.4, 0.5) is 0 Å². The summed E-state index contributed by atoms with van der Waals surface area (Å²) in [5.41, 5.74) is 0. The fraction of sp³-hybridized carbons (Fsp3) is 1.00. The Bertz CT molecular complexity index is 72.1. The Morgan fingerprint density at radius 3 is 1.42 bits per heavy atom. The summed E-state index contributed by atoms with van der Waals surface area (Å²) < 4.78 is 0. The molecule has 0 heterocycles. The van der Waals surface area contributed by atoms with E-state index >= 15 is 0 Å². The van der Waals surface area contributed by atoms with Gasteiger partial charge >= 0.3 is 0 Å². The SMILES string of the molecule is CC.CC(C)CC[C@H](C)C(C)C. The van der Waals surface area contributed by atoms with Crippen LogP contribution in [0.3, 0.4) is 0 Å². The second kappa shape index (κ2) is 9.09. The Kier molecular flexibility index (Phi) is 11.0. The van der Waals surface area contributed by atoms with Crippen LogP contribution in [0.1, 0.15) is 61.3 Å². The van der Waals surface area contributed by atoms with Gasteiger partial charge in [-0.15, -0.1) is 0 Å². The molecule has 0 aliphatic carbocycles. The van der Waals surface area contributed by atoms with E-state index in [0.717, 1.165) is 17.8 Å². The van der Waals surface area contributed by atoms with Gasteiger partial charge in [-0.1, -0.05) is 61.3 Å². The quantitative estimate of drug-likeness (QED) is 0.574. The zero-order chi connectivity index (χ0) is 10.1. The lowest BCUT2D eigenvalue weighted by Crippen LogP contribution is -2.04. The number of hydrogen-bond donors (Lipinski definition) is 0. The molecule has 1 atom stereocenters. The van der Waals surface area contributed by atoms with Crippen molar-refractivity contribution in [3.63, 3.8) is 0 Å². The average molecular weight is 172 g/mol. The topological polar surface area (TPSA) is 0 Å². The maximum absolute atomic E-state index is 2.35. The molecule has 0 rings (SSSR count). The van der Waals surface area contributed by atoms with Crippen molar-refractivity contribution < 1.29 is 0 Å². The number of rotatable bonds is 4. The fourth-order valence-corrected chi connectivity index (χ4v) is 0.930. The molecule has 0 aliphatic rings. The van der Waals surface area contributed by atoms with Gasteiger partial charge in [0.2, 0.25) is 0 Å². The average Bonchev–Trinajstić information content (AvgIpc) is 2.03. The van der Waals surface area contributed by atoms with E-state index < -0.39 is 0 Å².